The van der Waals surface area contributed by atoms with Gasteiger partial charge in [0.1, 0.15) is 0 Å². The Balaban J connectivity index is 1.50. The topological polar surface area (TPSA) is 0 Å². The van der Waals surface area contributed by atoms with E-state index >= 15 is 0 Å². The molecule has 0 aromatic heterocycles. The average Bonchev–Trinajstić information content (AvgIpc) is 2.62. The molecule has 0 amide bonds. The molecule has 0 bridgehead atoms. The van der Waals surface area contributed by atoms with E-state index in [2.05, 4.69) is 19.1 Å². The fourth-order valence-corrected chi connectivity index (χ4v) is 5.47. The lowest BCUT2D eigenvalue weighted by Crippen LogP contribution is -2.30. The molecule has 0 saturated heterocycles. The van der Waals surface area contributed by atoms with Crippen LogP contribution in [-0.2, 0) is 0 Å². The van der Waals surface area contributed by atoms with Crippen LogP contribution in [0.3, 0.4) is 0 Å². The Hall–Kier alpha value is -1.44. The van der Waals surface area contributed by atoms with E-state index < -0.39 is 11.6 Å². The molecule has 134 valence electrons. The lowest BCUT2D eigenvalue weighted by Gasteiger charge is -2.42. The molecule has 0 aliphatic heterocycles. The summed E-state index contributed by atoms with van der Waals surface area (Å²) < 4.78 is 27.0. The Morgan fingerprint density at radius 3 is 2.36 bits per heavy atom. The molecule has 2 heteroatoms. The minimum Gasteiger partial charge on any atom is -0.204 e. The van der Waals surface area contributed by atoms with Gasteiger partial charge in [0.15, 0.2) is 11.6 Å². The Bertz CT molecular complexity index is 751. The van der Waals surface area contributed by atoms with E-state index in [1.807, 2.05) is 6.07 Å². The minimum atomic E-state index is -0.760. The van der Waals surface area contributed by atoms with Gasteiger partial charge in [0.2, 0.25) is 0 Å². The zero-order valence-electron chi connectivity index (χ0n) is 15.1. The Morgan fingerprint density at radius 1 is 0.840 bits per heavy atom. The first-order chi connectivity index (χ1) is 12.1. The Morgan fingerprint density at radius 2 is 1.56 bits per heavy atom. The molecule has 0 nitrogen and oxygen atoms in total. The van der Waals surface area contributed by atoms with E-state index in [0.29, 0.717) is 5.92 Å². The molecule has 0 radical (unpaired) electrons. The Kier molecular flexibility index (Phi) is 4.80. The average molecular weight is 342 g/mol. The molecule has 4 unspecified atom stereocenters. The summed E-state index contributed by atoms with van der Waals surface area (Å²) in [6, 6.07) is 8.83. The number of hydrogen-bond donors (Lipinski definition) is 0. The molecular weight excluding hydrogens is 314 g/mol. The van der Waals surface area contributed by atoms with Gasteiger partial charge in [0.05, 0.1) is 0 Å². The van der Waals surface area contributed by atoms with Gasteiger partial charge in [0, 0.05) is 0 Å². The molecule has 4 atom stereocenters. The van der Waals surface area contributed by atoms with Gasteiger partial charge in [-0.1, -0.05) is 44.4 Å². The van der Waals surface area contributed by atoms with Gasteiger partial charge in [-0.05, 0) is 84.2 Å². The van der Waals surface area contributed by atoms with Gasteiger partial charge in [-0.25, -0.2) is 8.78 Å². The predicted octanol–water partition coefficient (Wildman–Crippen LogP) is 7.22. The third-order valence-corrected chi connectivity index (χ3v) is 6.79. The molecular formula is C23H28F2. The zero-order valence-corrected chi connectivity index (χ0v) is 15.1. The van der Waals surface area contributed by atoms with Crippen molar-refractivity contribution in [2.24, 2.45) is 17.8 Å². The van der Waals surface area contributed by atoms with Crippen LogP contribution in [0, 0.1) is 29.4 Å². The highest BCUT2D eigenvalue weighted by molar-refractivity contribution is 5.83. The maximum absolute atomic E-state index is 13.6. The number of hydrogen-bond acceptors (Lipinski definition) is 0. The van der Waals surface area contributed by atoms with Crippen LogP contribution < -0.4 is 0 Å². The lowest BCUT2D eigenvalue weighted by molar-refractivity contribution is 0.114. The zero-order chi connectivity index (χ0) is 17.4. The summed E-state index contributed by atoms with van der Waals surface area (Å²) in [5.74, 6) is 1.83. The smallest absolute Gasteiger partial charge is 0.159 e. The van der Waals surface area contributed by atoms with Gasteiger partial charge in [-0.3, -0.25) is 0 Å². The molecule has 2 aliphatic rings. The van der Waals surface area contributed by atoms with E-state index in [0.717, 1.165) is 28.5 Å². The highest BCUT2D eigenvalue weighted by atomic mass is 19.2. The van der Waals surface area contributed by atoms with E-state index in [-0.39, 0.29) is 0 Å². The van der Waals surface area contributed by atoms with E-state index in [1.165, 1.54) is 69.1 Å². The minimum absolute atomic E-state index is 0.585. The second-order valence-electron chi connectivity index (χ2n) is 8.37. The van der Waals surface area contributed by atoms with Crippen LogP contribution in [0.1, 0.15) is 69.8 Å². The van der Waals surface area contributed by atoms with Crippen molar-refractivity contribution in [1.82, 2.24) is 0 Å². The molecule has 2 aromatic rings. The highest BCUT2D eigenvalue weighted by Crippen LogP contribution is 2.48. The molecule has 4 rings (SSSR count). The fourth-order valence-electron chi connectivity index (χ4n) is 5.47. The summed E-state index contributed by atoms with van der Waals surface area (Å²) in [5, 5.41) is 1.61. The monoisotopic (exact) mass is 342 g/mol. The molecule has 2 saturated carbocycles. The molecule has 0 spiro atoms. The number of fused-ring (bicyclic) bond motifs is 2. The predicted molar refractivity (Wildman–Crippen MR) is 99.7 cm³/mol. The van der Waals surface area contributed by atoms with E-state index in [4.69, 9.17) is 0 Å². The highest BCUT2D eigenvalue weighted by Gasteiger charge is 2.35. The van der Waals surface area contributed by atoms with Crippen LogP contribution in [0.5, 0.6) is 0 Å². The summed E-state index contributed by atoms with van der Waals surface area (Å²) in [7, 11) is 0. The largest absolute Gasteiger partial charge is 0.204 e. The first kappa shape index (κ1) is 17.0. The van der Waals surface area contributed by atoms with Crippen LogP contribution in [0.25, 0.3) is 10.8 Å². The summed E-state index contributed by atoms with van der Waals surface area (Å²) in [5.41, 5.74) is 1.31. The third-order valence-electron chi connectivity index (χ3n) is 6.79. The maximum atomic E-state index is 13.6. The van der Waals surface area contributed by atoms with Crippen LogP contribution in [0.2, 0.25) is 0 Å². The van der Waals surface area contributed by atoms with Gasteiger partial charge in [-0.2, -0.15) is 0 Å². The van der Waals surface area contributed by atoms with Crippen LogP contribution in [0.4, 0.5) is 8.78 Å². The second-order valence-corrected chi connectivity index (χ2v) is 8.37. The first-order valence-corrected chi connectivity index (χ1v) is 10.0. The van der Waals surface area contributed by atoms with Gasteiger partial charge >= 0.3 is 0 Å². The van der Waals surface area contributed by atoms with Crippen molar-refractivity contribution in [3.8, 4) is 0 Å². The molecule has 0 heterocycles. The van der Waals surface area contributed by atoms with Crippen LogP contribution in [-0.4, -0.2) is 0 Å². The van der Waals surface area contributed by atoms with Crippen molar-refractivity contribution >= 4 is 10.8 Å². The summed E-state index contributed by atoms with van der Waals surface area (Å²) in [4.78, 5) is 0. The standard InChI is InChI=1S/C23H28F2/c1-2-3-15-4-5-17-11-18(7-6-16(17)10-15)19-8-9-20-13-22(24)23(25)14-21(20)12-19/h8-9,12-18H,2-7,10-11H2,1H3. The second kappa shape index (κ2) is 7.05. The lowest BCUT2D eigenvalue weighted by atomic mass is 9.63. The van der Waals surface area contributed by atoms with Crippen molar-refractivity contribution in [1.29, 1.82) is 0 Å². The number of benzene rings is 2. The maximum Gasteiger partial charge on any atom is 0.159 e. The first-order valence-electron chi connectivity index (χ1n) is 10.0. The van der Waals surface area contributed by atoms with Crippen molar-refractivity contribution in [3.05, 3.63) is 47.5 Å². The molecule has 2 aliphatic carbocycles. The van der Waals surface area contributed by atoms with Gasteiger partial charge in [-0.15, -0.1) is 0 Å². The molecule has 2 fully saturated rings. The van der Waals surface area contributed by atoms with Gasteiger partial charge < -0.3 is 0 Å². The molecule has 25 heavy (non-hydrogen) atoms. The van der Waals surface area contributed by atoms with Crippen LogP contribution in [0.15, 0.2) is 30.3 Å². The van der Waals surface area contributed by atoms with Gasteiger partial charge in [0.25, 0.3) is 0 Å². The molecule has 0 N–H and O–H groups in total. The third kappa shape index (κ3) is 3.45. The van der Waals surface area contributed by atoms with Crippen molar-refractivity contribution in [2.45, 2.75) is 64.2 Å². The van der Waals surface area contributed by atoms with E-state index in [9.17, 15) is 8.78 Å². The number of rotatable bonds is 3. The van der Waals surface area contributed by atoms with Crippen molar-refractivity contribution in [2.75, 3.05) is 0 Å². The molecule has 2 aromatic carbocycles. The van der Waals surface area contributed by atoms with Crippen LogP contribution >= 0.6 is 0 Å². The summed E-state index contributed by atoms with van der Waals surface area (Å²) in [6.45, 7) is 2.30. The number of halogens is 2. The Labute approximate surface area is 149 Å². The summed E-state index contributed by atoms with van der Waals surface area (Å²) >= 11 is 0. The fraction of sp³-hybridized carbons (Fsp3) is 0.565. The SMILES string of the molecule is CCCC1CCC2CC(c3ccc4cc(F)c(F)cc4c3)CCC2C1. The quantitative estimate of drug-likeness (QED) is 0.552. The van der Waals surface area contributed by atoms with E-state index in [1.54, 1.807) is 0 Å². The summed E-state index contributed by atoms with van der Waals surface area (Å²) in [6.07, 6.45) is 10.8. The van der Waals surface area contributed by atoms with Crippen molar-refractivity contribution < 1.29 is 8.78 Å². The van der Waals surface area contributed by atoms with Crippen molar-refractivity contribution in [3.63, 3.8) is 0 Å². The normalized spacial score (nSPS) is 29.6.